The number of hydrogen-bond acceptors (Lipinski definition) is 9. The third kappa shape index (κ3) is 3.63. The summed E-state index contributed by atoms with van der Waals surface area (Å²) in [5.74, 6) is 1.78. The molecule has 1 aromatic heterocycles. The Morgan fingerprint density at radius 2 is 1.60 bits per heavy atom. The molecule has 3 aliphatic rings. The maximum absolute atomic E-state index is 6.07. The van der Waals surface area contributed by atoms with Gasteiger partial charge in [0.1, 0.15) is 0 Å². The van der Waals surface area contributed by atoms with Gasteiger partial charge in [0.05, 0.1) is 0 Å². The van der Waals surface area contributed by atoms with Crippen LogP contribution in [0.2, 0.25) is 0 Å². The Bertz CT molecular complexity index is 559. The topological polar surface area (TPSA) is 98.5 Å². The van der Waals surface area contributed by atoms with Gasteiger partial charge >= 0.3 is 0 Å². The van der Waals surface area contributed by atoms with Crippen LogP contribution in [0.1, 0.15) is 12.8 Å². The zero-order valence-corrected chi connectivity index (χ0v) is 15.0. The highest BCUT2D eigenvalue weighted by Gasteiger charge is 2.33. The Morgan fingerprint density at radius 1 is 0.960 bits per heavy atom. The molecule has 3 fully saturated rings. The molecule has 0 radical (unpaired) electrons. The highest BCUT2D eigenvalue weighted by molar-refractivity contribution is 5.46. The average molecular weight is 347 g/mol. The second-order valence-corrected chi connectivity index (χ2v) is 7.28. The maximum Gasteiger partial charge on any atom is 0.232 e. The lowest BCUT2D eigenvalue weighted by molar-refractivity contribution is 0.311. The molecule has 0 saturated carbocycles. The Labute approximate surface area is 149 Å². The highest BCUT2D eigenvalue weighted by Crippen LogP contribution is 2.25. The van der Waals surface area contributed by atoms with Crippen LogP contribution in [0.25, 0.3) is 0 Å². The fourth-order valence-electron chi connectivity index (χ4n) is 4.01. The van der Waals surface area contributed by atoms with Crippen molar-refractivity contribution in [1.82, 2.24) is 30.5 Å². The first-order valence-corrected chi connectivity index (χ1v) is 9.35. The van der Waals surface area contributed by atoms with Gasteiger partial charge in [-0.1, -0.05) is 0 Å². The zero-order valence-electron chi connectivity index (χ0n) is 15.0. The van der Waals surface area contributed by atoms with Crippen LogP contribution < -0.4 is 26.2 Å². The lowest BCUT2D eigenvalue weighted by atomic mass is 10.1. The molecule has 138 valence electrons. The van der Waals surface area contributed by atoms with Gasteiger partial charge in [-0.15, -0.1) is 0 Å². The van der Waals surface area contributed by atoms with E-state index in [9.17, 15) is 0 Å². The first-order valence-electron chi connectivity index (χ1n) is 9.35. The summed E-state index contributed by atoms with van der Waals surface area (Å²) in [6.07, 6.45) is 2.23. The third-order valence-electron chi connectivity index (χ3n) is 5.50. The van der Waals surface area contributed by atoms with Crippen LogP contribution in [0.5, 0.6) is 0 Å². The van der Waals surface area contributed by atoms with Crippen LogP contribution in [0.3, 0.4) is 0 Å². The van der Waals surface area contributed by atoms with Crippen molar-refractivity contribution < 1.29 is 0 Å². The Kier molecular flexibility index (Phi) is 4.87. The fourth-order valence-corrected chi connectivity index (χ4v) is 4.01. The molecule has 4 N–H and O–H groups in total. The maximum atomic E-state index is 6.07. The SMILES string of the molecule is CN1CCN(c2nc(N)nc(N([C@@H]3CCNC3)[C@@H]3CCNC3)n2)CC1. The molecule has 1 aromatic rings. The molecular weight excluding hydrogens is 318 g/mol. The van der Waals surface area contributed by atoms with E-state index in [1.807, 2.05) is 0 Å². The van der Waals surface area contributed by atoms with Crippen LogP contribution >= 0.6 is 0 Å². The molecule has 0 amide bonds. The highest BCUT2D eigenvalue weighted by atomic mass is 15.4. The van der Waals surface area contributed by atoms with Crippen LogP contribution in [0.4, 0.5) is 17.8 Å². The number of nitrogens with one attached hydrogen (secondary N) is 2. The molecule has 3 aliphatic heterocycles. The van der Waals surface area contributed by atoms with Gasteiger partial charge in [0, 0.05) is 51.4 Å². The molecule has 0 aliphatic carbocycles. The number of nitrogens with two attached hydrogens (primary N) is 1. The zero-order chi connectivity index (χ0) is 17.2. The van der Waals surface area contributed by atoms with E-state index in [-0.39, 0.29) is 0 Å². The molecule has 0 spiro atoms. The lowest BCUT2D eigenvalue weighted by Gasteiger charge is -2.35. The standard InChI is InChI=1S/C16H29N9/c1-23-6-8-24(9-7-23)15-20-14(17)21-16(22-15)25(12-2-4-18-10-12)13-3-5-19-11-13/h12-13,18-19H,2-11H2,1H3,(H2,17,20,21,22)/t12-,13-/m1/s1. The normalized spacial score (nSPS) is 27.8. The summed E-state index contributed by atoms with van der Waals surface area (Å²) in [7, 11) is 2.15. The van der Waals surface area contributed by atoms with Crippen molar-refractivity contribution >= 4 is 17.8 Å². The van der Waals surface area contributed by atoms with Gasteiger partial charge in [0.15, 0.2) is 0 Å². The van der Waals surface area contributed by atoms with Crippen molar-refractivity contribution in [2.24, 2.45) is 0 Å². The molecule has 2 atom stereocenters. The van der Waals surface area contributed by atoms with E-state index in [0.717, 1.165) is 77.1 Å². The number of likely N-dealkylation sites (N-methyl/N-ethyl adjacent to an activating group) is 1. The molecule has 9 nitrogen and oxygen atoms in total. The molecule has 4 rings (SSSR count). The predicted octanol–water partition coefficient (Wildman–Crippen LogP) is -1.26. The summed E-state index contributed by atoms with van der Waals surface area (Å²) in [6.45, 7) is 7.94. The fraction of sp³-hybridized carbons (Fsp3) is 0.812. The second kappa shape index (κ2) is 7.27. The summed E-state index contributed by atoms with van der Waals surface area (Å²) in [4.78, 5) is 20.7. The largest absolute Gasteiger partial charge is 0.368 e. The molecule has 25 heavy (non-hydrogen) atoms. The van der Waals surface area contributed by atoms with Crippen molar-refractivity contribution in [2.75, 3.05) is 74.9 Å². The minimum absolute atomic E-state index is 0.320. The first-order chi connectivity index (χ1) is 12.2. The number of nitrogen functional groups attached to an aromatic ring is 1. The van der Waals surface area contributed by atoms with Gasteiger partial charge in [0.2, 0.25) is 17.8 Å². The van der Waals surface area contributed by atoms with Crippen molar-refractivity contribution in [3.05, 3.63) is 0 Å². The van der Waals surface area contributed by atoms with Crippen LogP contribution in [0, 0.1) is 0 Å². The monoisotopic (exact) mass is 347 g/mol. The molecule has 0 aromatic carbocycles. The van der Waals surface area contributed by atoms with E-state index < -0.39 is 0 Å². The molecule has 3 saturated heterocycles. The summed E-state index contributed by atoms with van der Waals surface area (Å²) in [5, 5.41) is 6.93. The van der Waals surface area contributed by atoms with E-state index >= 15 is 0 Å². The number of aromatic nitrogens is 3. The Morgan fingerprint density at radius 3 is 2.16 bits per heavy atom. The van der Waals surface area contributed by atoms with Crippen LogP contribution in [-0.4, -0.2) is 91.3 Å². The van der Waals surface area contributed by atoms with Gasteiger partial charge in [-0.3, -0.25) is 0 Å². The third-order valence-corrected chi connectivity index (χ3v) is 5.50. The summed E-state index contributed by atoms with van der Waals surface area (Å²) in [6, 6.07) is 0.846. The summed E-state index contributed by atoms with van der Waals surface area (Å²) in [5.41, 5.74) is 6.07. The van der Waals surface area contributed by atoms with Crippen molar-refractivity contribution in [3.63, 3.8) is 0 Å². The van der Waals surface area contributed by atoms with E-state index in [1.165, 1.54) is 0 Å². The quantitative estimate of drug-likeness (QED) is 0.616. The number of nitrogens with zero attached hydrogens (tertiary/aromatic N) is 6. The van der Waals surface area contributed by atoms with Crippen molar-refractivity contribution in [2.45, 2.75) is 24.9 Å². The Balaban J connectivity index is 1.62. The van der Waals surface area contributed by atoms with Gasteiger partial charge in [-0.05, 0) is 33.0 Å². The number of piperazine rings is 1. The Hall–Kier alpha value is -1.71. The summed E-state index contributed by atoms with van der Waals surface area (Å²) >= 11 is 0. The van der Waals surface area contributed by atoms with Crippen molar-refractivity contribution in [1.29, 1.82) is 0 Å². The van der Waals surface area contributed by atoms with E-state index in [1.54, 1.807) is 0 Å². The second-order valence-electron chi connectivity index (χ2n) is 7.28. The number of anilines is 3. The van der Waals surface area contributed by atoms with Crippen LogP contribution in [0.15, 0.2) is 0 Å². The number of hydrogen-bond donors (Lipinski definition) is 3. The average Bonchev–Trinajstić information content (AvgIpc) is 3.30. The summed E-state index contributed by atoms with van der Waals surface area (Å²) < 4.78 is 0. The van der Waals surface area contributed by atoms with E-state index in [2.05, 4.69) is 42.3 Å². The van der Waals surface area contributed by atoms with Gasteiger partial charge in [0.25, 0.3) is 0 Å². The predicted molar refractivity (Wildman–Crippen MR) is 99.0 cm³/mol. The smallest absolute Gasteiger partial charge is 0.232 e. The first kappa shape index (κ1) is 16.7. The molecule has 4 heterocycles. The molecule has 0 bridgehead atoms. The number of rotatable bonds is 4. The van der Waals surface area contributed by atoms with Crippen molar-refractivity contribution in [3.8, 4) is 0 Å². The molecule has 9 heteroatoms. The molecular formula is C16H29N9. The van der Waals surface area contributed by atoms with E-state index in [4.69, 9.17) is 10.7 Å². The minimum atomic E-state index is 0.320. The molecule has 0 unspecified atom stereocenters. The lowest BCUT2D eigenvalue weighted by Crippen LogP contribution is -2.48. The van der Waals surface area contributed by atoms with Gasteiger partial charge in [-0.25, -0.2) is 0 Å². The van der Waals surface area contributed by atoms with Gasteiger partial charge in [-0.2, -0.15) is 15.0 Å². The van der Waals surface area contributed by atoms with Gasteiger partial charge < -0.3 is 31.1 Å². The van der Waals surface area contributed by atoms with Crippen LogP contribution in [-0.2, 0) is 0 Å². The van der Waals surface area contributed by atoms with E-state index in [0.29, 0.717) is 18.0 Å². The minimum Gasteiger partial charge on any atom is -0.368 e.